The van der Waals surface area contributed by atoms with E-state index in [1.54, 1.807) is 18.0 Å². The smallest absolute Gasteiger partial charge is 0.340 e. The van der Waals surface area contributed by atoms with Gasteiger partial charge >= 0.3 is 5.97 Å². The normalized spacial score (nSPS) is 11.2. The van der Waals surface area contributed by atoms with Crippen molar-refractivity contribution >= 4 is 17.5 Å². The summed E-state index contributed by atoms with van der Waals surface area (Å²) in [5, 5.41) is 9.32. The van der Waals surface area contributed by atoms with E-state index in [2.05, 4.69) is 9.72 Å². The van der Waals surface area contributed by atoms with Gasteiger partial charge in [0.05, 0.1) is 36.7 Å². The molecule has 6 heteroatoms. The fraction of sp³-hybridized carbons (Fsp3) is 0.500. The van der Waals surface area contributed by atoms with Crippen molar-refractivity contribution in [2.24, 2.45) is 0 Å². The molecule has 1 rings (SSSR count). The number of pyridine rings is 1. The van der Waals surface area contributed by atoms with E-state index in [0.29, 0.717) is 5.82 Å². The van der Waals surface area contributed by atoms with Crippen molar-refractivity contribution in [2.45, 2.75) is 19.4 Å². The number of aliphatic hydroxyl groups excluding tert-OH is 1. The minimum absolute atomic E-state index is 0.0386. The summed E-state index contributed by atoms with van der Waals surface area (Å²) in [6.45, 7) is 3.69. The number of ether oxygens (including phenoxy) is 1. The third kappa shape index (κ3) is 2.70. The molecule has 0 saturated carbocycles. The number of hydrogen-bond donors (Lipinski definition) is 2. The second kappa shape index (κ2) is 5.22. The van der Waals surface area contributed by atoms with Crippen molar-refractivity contribution in [3.8, 4) is 0 Å². The number of methoxy groups -OCH3 is 1. The van der Waals surface area contributed by atoms with Crippen LogP contribution in [0.3, 0.4) is 0 Å². The zero-order valence-corrected chi connectivity index (χ0v) is 11.1. The monoisotopic (exact) mass is 253 g/mol. The van der Waals surface area contributed by atoms with Gasteiger partial charge in [-0.05, 0) is 19.9 Å². The van der Waals surface area contributed by atoms with Crippen LogP contribution in [0.1, 0.15) is 24.2 Å². The molecule has 6 nitrogen and oxygen atoms in total. The Morgan fingerprint density at radius 1 is 1.61 bits per heavy atom. The van der Waals surface area contributed by atoms with Crippen molar-refractivity contribution in [1.82, 2.24) is 4.98 Å². The Bertz CT molecular complexity index is 446. The van der Waals surface area contributed by atoms with Gasteiger partial charge in [0.15, 0.2) is 0 Å². The summed E-state index contributed by atoms with van der Waals surface area (Å²) >= 11 is 0. The van der Waals surface area contributed by atoms with Crippen LogP contribution in [-0.2, 0) is 4.74 Å². The largest absolute Gasteiger partial charge is 0.465 e. The van der Waals surface area contributed by atoms with Gasteiger partial charge in [-0.2, -0.15) is 0 Å². The molecule has 0 saturated heterocycles. The maximum Gasteiger partial charge on any atom is 0.340 e. The van der Waals surface area contributed by atoms with Gasteiger partial charge in [0.25, 0.3) is 0 Å². The predicted molar refractivity (Wildman–Crippen MR) is 69.6 cm³/mol. The summed E-state index contributed by atoms with van der Waals surface area (Å²) in [7, 11) is 3.08. The molecule has 3 N–H and O–H groups in total. The second-order valence-corrected chi connectivity index (χ2v) is 4.65. The molecular weight excluding hydrogens is 234 g/mol. The van der Waals surface area contributed by atoms with Crippen molar-refractivity contribution in [3.05, 3.63) is 17.8 Å². The zero-order valence-electron chi connectivity index (χ0n) is 11.1. The van der Waals surface area contributed by atoms with Gasteiger partial charge in [-0.3, -0.25) is 0 Å². The highest BCUT2D eigenvalue weighted by atomic mass is 16.5. The van der Waals surface area contributed by atoms with E-state index in [1.165, 1.54) is 13.3 Å². The standard InChI is InChI=1S/C12H19N3O3/c1-12(2,7-16)15(3)10-5-8(11(17)18-4)9(13)6-14-10/h5-6,16H,7,13H2,1-4H3. The molecule has 18 heavy (non-hydrogen) atoms. The number of carbonyl (C=O) groups excluding carboxylic acids is 1. The van der Waals surface area contributed by atoms with Gasteiger partial charge in [0.2, 0.25) is 0 Å². The van der Waals surface area contributed by atoms with Crippen LogP contribution in [0.4, 0.5) is 11.5 Å². The Morgan fingerprint density at radius 2 is 2.22 bits per heavy atom. The molecule has 0 radical (unpaired) electrons. The summed E-state index contributed by atoms with van der Waals surface area (Å²) in [4.78, 5) is 17.5. The van der Waals surface area contributed by atoms with Crippen LogP contribution in [0.5, 0.6) is 0 Å². The second-order valence-electron chi connectivity index (χ2n) is 4.65. The lowest BCUT2D eigenvalue weighted by molar-refractivity contribution is 0.0602. The van der Waals surface area contributed by atoms with E-state index in [4.69, 9.17) is 5.73 Å². The van der Waals surface area contributed by atoms with Gasteiger partial charge in [-0.1, -0.05) is 0 Å². The number of hydrogen-bond acceptors (Lipinski definition) is 6. The van der Waals surface area contributed by atoms with Gasteiger partial charge < -0.3 is 20.5 Å². The first-order chi connectivity index (χ1) is 8.33. The molecule has 0 amide bonds. The van der Waals surface area contributed by atoms with Crippen LogP contribution < -0.4 is 10.6 Å². The average Bonchev–Trinajstić information content (AvgIpc) is 2.37. The number of carbonyl (C=O) groups is 1. The van der Waals surface area contributed by atoms with Crippen LogP contribution in [-0.4, -0.2) is 42.4 Å². The topological polar surface area (TPSA) is 88.7 Å². The number of esters is 1. The Hall–Kier alpha value is -1.82. The van der Waals surface area contributed by atoms with Gasteiger partial charge in [0.1, 0.15) is 5.82 Å². The van der Waals surface area contributed by atoms with E-state index in [-0.39, 0.29) is 17.9 Å². The summed E-state index contributed by atoms with van der Waals surface area (Å²) in [6, 6.07) is 1.55. The van der Waals surface area contributed by atoms with E-state index in [9.17, 15) is 9.90 Å². The number of nitrogens with two attached hydrogens (primary N) is 1. The van der Waals surface area contributed by atoms with Crippen molar-refractivity contribution in [3.63, 3.8) is 0 Å². The molecule has 0 aliphatic rings. The van der Waals surface area contributed by atoms with Crippen molar-refractivity contribution in [2.75, 3.05) is 31.4 Å². The Labute approximate surface area is 106 Å². The number of aliphatic hydroxyl groups is 1. The fourth-order valence-corrected chi connectivity index (χ4v) is 1.34. The maximum absolute atomic E-state index is 11.5. The Balaban J connectivity index is 3.16. The van der Waals surface area contributed by atoms with Crippen LogP contribution in [0.25, 0.3) is 0 Å². The number of likely N-dealkylation sites (N-methyl/N-ethyl adjacent to an activating group) is 1. The molecular formula is C12H19N3O3. The molecule has 0 bridgehead atoms. The summed E-state index contributed by atoms with van der Waals surface area (Å²) in [5.74, 6) is 0.0370. The first-order valence-corrected chi connectivity index (χ1v) is 5.52. The van der Waals surface area contributed by atoms with E-state index in [1.807, 2.05) is 13.8 Å². The minimum Gasteiger partial charge on any atom is -0.465 e. The van der Waals surface area contributed by atoms with Crippen LogP contribution >= 0.6 is 0 Å². The number of nitrogen functional groups attached to an aromatic ring is 1. The number of nitrogens with zero attached hydrogens (tertiary/aromatic N) is 2. The third-order valence-corrected chi connectivity index (χ3v) is 2.96. The molecule has 0 aliphatic carbocycles. The quantitative estimate of drug-likeness (QED) is 0.766. The van der Waals surface area contributed by atoms with E-state index < -0.39 is 11.5 Å². The highest BCUT2D eigenvalue weighted by molar-refractivity contribution is 5.95. The summed E-state index contributed by atoms with van der Waals surface area (Å²) < 4.78 is 4.65. The first-order valence-electron chi connectivity index (χ1n) is 5.52. The van der Waals surface area contributed by atoms with Gasteiger partial charge in [-0.25, -0.2) is 9.78 Å². The van der Waals surface area contributed by atoms with E-state index in [0.717, 1.165) is 0 Å². The molecule has 0 aromatic carbocycles. The summed E-state index contributed by atoms with van der Waals surface area (Å²) in [6.07, 6.45) is 1.41. The molecule has 0 aliphatic heterocycles. The minimum atomic E-state index is -0.508. The van der Waals surface area contributed by atoms with Crippen molar-refractivity contribution < 1.29 is 14.6 Å². The molecule has 100 valence electrons. The average molecular weight is 253 g/mol. The molecule has 0 spiro atoms. The molecule has 0 fully saturated rings. The summed E-state index contributed by atoms with van der Waals surface area (Å²) in [5.41, 5.74) is 5.72. The van der Waals surface area contributed by atoms with Crippen LogP contribution in [0.15, 0.2) is 12.3 Å². The lowest BCUT2D eigenvalue weighted by Crippen LogP contribution is -2.44. The lowest BCUT2D eigenvalue weighted by Gasteiger charge is -2.35. The fourth-order valence-electron chi connectivity index (χ4n) is 1.34. The highest BCUT2D eigenvalue weighted by Crippen LogP contribution is 2.23. The number of aromatic nitrogens is 1. The maximum atomic E-state index is 11.5. The molecule has 1 aromatic rings. The highest BCUT2D eigenvalue weighted by Gasteiger charge is 2.25. The van der Waals surface area contributed by atoms with Crippen LogP contribution in [0, 0.1) is 0 Å². The molecule has 1 aromatic heterocycles. The SMILES string of the molecule is COC(=O)c1cc(N(C)C(C)(C)CO)ncc1N. The zero-order chi connectivity index (χ0) is 13.9. The molecule has 0 unspecified atom stereocenters. The number of anilines is 2. The lowest BCUT2D eigenvalue weighted by atomic mass is 10.0. The predicted octanol–water partition coefficient (Wildman–Crippen LogP) is 0.657. The van der Waals surface area contributed by atoms with Gasteiger partial charge in [-0.15, -0.1) is 0 Å². The third-order valence-electron chi connectivity index (χ3n) is 2.96. The molecule has 1 heterocycles. The van der Waals surface area contributed by atoms with Gasteiger partial charge in [0, 0.05) is 7.05 Å². The number of rotatable bonds is 4. The van der Waals surface area contributed by atoms with Crippen molar-refractivity contribution in [1.29, 1.82) is 0 Å². The first kappa shape index (κ1) is 14.2. The molecule has 0 atom stereocenters. The van der Waals surface area contributed by atoms with E-state index >= 15 is 0 Å². The van der Waals surface area contributed by atoms with Crippen LogP contribution in [0.2, 0.25) is 0 Å². The Kier molecular flexibility index (Phi) is 4.13. The Morgan fingerprint density at radius 3 is 2.72 bits per heavy atom.